The van der Waals surface area contributed by atoms with Crippen LogP contribution in [0, 0.1) is 6.92 Å². The molecule has 0 saturated carbocycles. The van der Waals surface area contributed by atoms with Crippen LogP contribution in [0.3, 0.4) is 0 Å². The quantitative estimate of drug-likeness (QED) is 0.755. The highest BCUT2D eigenvalue weighted by molar-refractivity contribution is 5.96. The number of benzene rings is 2. The molecule has 6 heteroatoms. The molecule has 0 spiro atoms. The number of nitrogens with one attached hydrogen (secondary N) is 1. The van der Waals surface area contributed by atoms with Crippen LogP contribution in [0.5, 0.6) is 5.75 Å². The Morgan fingerprint density at radius 3 is 2.62 bits per heavy atom. The zero-order valence-electron chi connectivity index (χ0n) is 13.2. The van der Waals surface area contributed by atoms with E-state index in [9.17, 15) is 4.79 Å². The van der Waals surface area contributed by atoms with Crippen LogP contribution in [0.1, 0.15) is 27.6 Å². The first-order valence-corrected chi connectivity index (χ1v) is 7.55. The lowest BCUT2D eigenvalue weighted by atomic mass is 10.1. The number of nitrogens with zero attached hydrogens (tertiary/aromatic N) is 2. The number of hydrogen-bond acceptors (Lipinski definition) is 5. The van der Waals surface area contributed by atoms with Crippen molar-refractivity contribution < 1.29 is 14.1 Å². The fraction of sp³-hybridized carbons (Fsp3) is 0.167. The van der Waals surface area contributed by atoms with Gasteiger partial charge >= 0.3 is 0 Å². The van der Waals surface area contributed by atoms with E-state index in [4.69, 9.17) is 9.26 Å². The number of ether oxygens (including phenoxy) is 1. The Balaban J connectivity index is 1.65. The number of hydrogen-bond donors (Lipinski definition) is 1. The Morgan fingerprint density at radius 2 is 1.88 bits per heavy atom. The van der Waals surface area contributed by atoms with E-state index >= 15 is 0 Å². The lowest BCUT2D eigenvalue weighted by molar-refractivity contribution is 0.0945. The fourth-order valence-corrected chi connectivity index (χ4v) is 2.19. The molecule has 0 radical (unpaired) electrons. The third-order valence-electron chi connectivity index (χ3n) is 3.35. The molecule has 3 aromatic rings. The molecule has 0 aliphatic carbocycles. The minimum absolute atomic E-state index is 0.115. The molecule has 122 valence electrons. The van der Waals surface area contributed by atoms with Crippen molar-refractivity contribution in [3.05, 3.63) is 77.4 Å². The van der Waals surface area contributed by atoms with Gasteiger partial charge in [-0.1, -0.05) is 47.6 Å². The molecular formula is C18H17N3O3. The van der Waals surface area contributed by atoms with E-state index in [-0.39, 0.29) is 12.5 Å². The van der Waals surface area contributed by atoms with E-state index in [1.807, 2.05) is 36.4 Å². The molecule has 0 atom stereocenters. The van der Waals surface area contributed by atoms with Crippen molar-refractivity contribution in [1.29, 1.82) is 0 Å². The summed E-state index contributed by atoms with van der Waals surface area (Å²) in [6, 6.07) is 16.8. The Bertz CT molecular complexity index is 815. The maximum Gasteiger partial charge on any atom is 0.264 e. The highest BCUT2D eigenvalue weighted by atomic mass is 16.5. The second-order valence-electron chi connectivity index (χ2n) is 5.19. The third kappa shape index (κ3) is 3.98. The highest BCUT2D eigenvalue weighted by Gasteiger charge is 2.13. The fourth-order valence-electron chi connectivity index (χ4n) is 2.19. The van der Waals surface area contributed by atoms with E-state index in [0.717, 1.165) is 5.56 Å². The maximum absolute atomic E-state index is 12.4. The van der Waals surface area contributed by atoms with E-state index in [1.165, 1.54) is 0 Å². The zero-order chi connectivity index (χ0) is 16.8. The first-order chi connectivity index (χ1) is 11.7. The summed E-state index contributed by atoms with van der Waals surface area (Å²) in [5, 5.41) is 6.59. The van der Waals surface area contributed by atoms with Gasteiger partial charge in [-0.3, -0.25) is 4.79 Å². The van der Waals surface area contributed by atoms with Crippen molar-refractivity contribution >= 4 is 5.91 Å². The molecule has 1 heterocycles. The minimum atomic E-state index is -0.198. The molecule has 24 heavy (non-hydrogen) atoms. The average Bonchev–Trinajstić information content (AvgIpc) is 3.04. The van der Waals surface area contributed by atoms with Gasteiger partial charge in [0.15, 0.2) is 12.4 Å². The normalized spacial score (nSPS) is 10.4. The lowest BCUT2D eigenvalue weighted by Gasteiger charge is -2.10. The van der Waals surface area contributed by atoms with Gasteiger partial charge in [-0.05, 0) is 24.6 Å². The standard InChI is InChI=1S/C18H17N3O3/c1-13-20-17(24-21-13)12-23-16-10-6-5-9-15(16)18(22)19-11-14-7-3-2-4-8-14/h2-10H,11-12H2,1H3,(H,19,22). The Labute approximate surface area is 139 Å². The van der Waals surface area contributed by atoms with Crippen molar-refractivity contribution in [3.8, 4) is 5.75 Å². The van der Waals surface area contributed by atoms with Crippen LogP contribution >= 0.6 is 0 Å². The summed E-state index contributed by atoms with van der Waals surface area (Å²) in [7, 11) is 0. The van der Waals surface area contributed by atoms with Crippen LogP contribution in [0.2, 0.25) is 0 Å². The van der Waals surface area contributed by atoms with Crippen LogP contribution in [0.15, 0.2) is 59.1 Å². The number of aromatic nitrogens is 2. The van der Waals surface area contributed by atoms with Crippen LogP contribution in [0.25, 0.3) is 0 Å². The minimum Gasteiger partial charge on any atom is -0.483 e. The van der Waals surface area contributed by atoms with Gasteiger partial charge in [0.25, 0.3) is 11.8 Å². The van der Waals surface area contributed by atoms with E-state index < -0.39 is 0 Å². The molecule has 0 aliphatic heterocycles. The van der Waals surface area contributed by atoms with Gasteiger partial charge in [0, 0.05) is 6.54 Å². The Kier molecular flexibility index (Phi) is 4.86. The first-order valence-electron chi connectivity index (χ1n) is 7.55. The third-order valence-corrected chi connectivity index (χ3v) is 3.35. The van der Waals surface area contributed by atoms with Crippen molar-refractivity contribution in [2.75, 3.05) is 0 Å². The molecule has 0 fully saturated rings. The molecule has 6 nitrogen and oxygen atoms in total. The summed E-state index contributed by atoms with van der Waals surface area (Å²) < 4.78 is 10.7. The highest BCUT2D eigenvalue weighted by Crippen LogP contribution is 2.19. The Morgan fingerprint density at radius 1 is 1.12 bits per heavy atom. The van der Waals surface area contributed by atoms with Gasteiger partial charge in [0.2, 0.25) is 0 Å². The van der Waals surface area contributed by atoms with Gasteiger partial charge in [-0.2, -0.15) is 4.98 Å². The largest absolute Gasteiger partial charge is 0.483 e. The zero-order valence-corrected chi connectivity index (χ0v) is 13.2. The van der Waals surface area contributed by atoms with Crippen molar-refractivity contribution in [2.24, 2.45) is 0 Å². The van der Waals surface area contributed by atoms with Crippen molar-refractivity contribution in [3.63, 3.8) is 0 Å². The average molecular weight is 323 g/mol. The molecule has 3 rings (SSSR count). The topological polar surface area (TPSA) is 77.2 Å². The first kappa shape index (κ1) is 15.7. The molecule has 1 amide bonds. The molecule has 1 aromatic heterocycles. The van der Waals surface area contributed by atoms with Gasteiger partial charge < -0.3 is 14.6 Å². The smallest absolute Gasteiger partial charge is 0.264 e. The van der Waals surface area contributed by atoms with Gasteiger partial charge in [0.05, 0.1) is 5.56 Å². The number of para-hydroxylation sites is 1. The summed E-state index contributed by atoms with van der Waals surface area (Å²) in [6.07, 6.45) is 0. The lowest BCUT2D eigenvalue weighted by Crippen LogP contribution is -2.23. The van der Waals surface area contributed by atoms with Crippen LogP contribution in [-0.2, 0) is 13.2 Å². The van der Waals surface area contributed by atoms with E-state index in [1.54, 1.807) is 25.1 Å². The van der Waals surface area contributed by atoms with Crippen LogP contribution < -0.4 is 10.1 Å². The number of amides is 1. The maximum atomic E-state index is 12.4. The summed E-state index contributed by atoms with van der Waals surface area (Å²) in [4.78, 5) is 16.5. The molecule has 0 saturated heterocycles. The van der Waals surface area contributed by atoms with Crippen LogP contribution in [0.4, 0.5) is 0 Å². The summed E-state index contributed by atoms with van der Waals surface area (Å²) >= 11 is 0. The summed E-state index contributed by atoms with van der Waals surface area (Å²) in [5.41, 5.74) is 1.50. The molecule has 1 N–H and O–H groups in total. The Hall–Kier alpha value is -3.15. The molecule has 0 unspecified atom stereocenters. The summed E-state index contributed by atoms with van der Waals surface area (Å²) in [5.74, 6) is 1.18. The predicted octanol–water partition coefficient (Wildman–Crippen LogP) is 2.89. The summed E-state index contributed by atoms with van der Waals surface area (Å²) in [6.45, 7) is 2.30. The molecule has 0 bridgehead atoms. The van der Waals surface area contributed by atoms with Gasteiger partial charge in [0.1, 0.15) is 5.75 Å². The second-order valence-corrected chi connectivity index (χ2v) is 5.19. The second kappa shape index (κ2) is 7.41. The molecule has 0 aliphatic rings. The van der Waals surface area contributed by atoms with Crippen LogP contribution in [-0.4, -0.2) is 16.0 Å². The van der Waals surface area contributed by atoms with Gasteiger partial charge in [-0.25, -0.2) is 0 Å². The van der Waals surface area contributed by atoms with E-state index in [0.29, 0.717) is 29.6 Å². The monoisotopic (exact) mass is 323 g/mol. The van der Waals surface area contributed by atoms with E-state index in [2.05, 4.69) is 15.5 Å². The van der Waals surface area contributed by atoms with Crippen molar-refractivity contribution in [1.82, 2.24) is 15.5 Å². The number of rotatable bonds is 6. The molecule has 2 aromatic carbocycles. The predicted molar refractivity (Wildman–Crippen MR) is 87.4 cm³/mol. The van der Waals surface area contributed by atoms with Gasteiger partial charge in [-0.15, -0.1) is 0 Å². The molecular weight excluding hydrogens is 306 g/mol. The SMILES string of the molecule is Cc1noc(COc2ccccc2C(=O)NCc2ccccc2)n1. The van der Waals surface area contributed by atoms with Crippen molar-refractivity contribution in [2.45, 2.75) is 20.1 Å². The number of carbonyl (C=O) groups is 1. The number of aryl methyl sites for hydroxylation is 1. The number of carbonyl (C=O) groups excluding carboxylic acids is 1.